The second kappa shape index (κ2) is 8.70. The molecular formula is C23H11F2NO3. The number of carbonyl (C=O) groups excluding carboxylic acids is 1. The highest BCUT2D eigenvalue weighted by Crippen LogP contribution is 2.28. The van der Waals surface area contributed by atoms with E-state index in [9.17, 15) is 13.6 Å². The summed E-state index contributed by atoms with van der Waals surface area (Å²) < 4.78 is 38.3. The molecule has 0 N–H and O–H groups in total. The molecule has 4 nitrogen and oxygen atoms in total. The van der Waals surface area contributed by atoms with Crippen molar-refractivity contribution < 1.29 is 23.0 Å². The van der Waals surface area contributed by atoms with Crippen LogP contribution in [-0.4, -0.2) is 18.7 Å². The molecule has 1 atom stereocenters. The quantitative estimate of drug-likeness (QED) is 0.342. The Labute approximate surface area is 164 Å². The average Bonchev–Trinajstić information content (AvgIpc) is 3.58. The van der Waals surface area contributed by atoms with Crippen molar-refractivity contribution in [3.8, 4) is 17.2 Å². The summed E-state index contributed by atoms with van der Waals surface area (Å²) in [4.78, 5) is 11.9. The molecule has 1 aliphatic rings. The molecule has 29 heavy (non-hydrogen) atoms. The van der Waals surface area contributed by atoms with Gasteiger partial charge < -0.3 is 9.47 Å². The first-order valence-corrected chi connectivity index (χ1v) is 8.27. The van der Waals surface area contributed by atoms with E-state index in [1.165, 1.54) is 24.3 Å². The third kappa shape index (κ3) is 4.59. The van der Waals surface area contributed by atoms with Gasteiger partial charge in [-0.05, 0) is 59.3 Å². The second-order valence-corrected chi connectivity index (χ2v) is 5.73. The number of epoxide rings is 1. The fourth-order valence-corrected chi connectivity index (χ4v) is 2.33. The minimum Gasteiger partial charge on any atom is -0.415 e. The summed E-state index contributed by atoms with van der Waals surface area (Å²) in [7, 11) is 0. The maximum Gasteiger partial charge on any atom is 0.343 e. The fourth-order valence-electron chi connectivity index (χ4n) is 2.33. The zero-order valence-corrected chi connectivity index (χ0v) is 14.9. The Bertz CT molecular complexity index is 1220. The van der Waals surface area contributed by atoms with Gasteiger partial charge in [-0.25, -0.2) is 13.6 Å². The molecule has 6 heteroatoms. The van der Waals surface area contributed by atoms with Gasteiger partial charge in [0.05, 0.1) is 12.2 Å². The first kappa shape index (κ1) is 19.6. The lowest BCUT2D eigenvalue weighted by Gasteiger charge is -2.08. The van der Waals surface area contributed by atoms with Crippen molar-refractivity contribution in [2.75, 3.05) is 6.61 Å². The number of nitriles is 1. The Morgan fingerprint density at radius 3 is 2.45 bits per heavy atom. The summed E-state index contributed by atoms with van der Waals surface area (Å²) in [5, 5.41) is 8.78. The van der Waals surface area contributed by atoms with E-state index in [1.807, 2.05) is 0 Å². The number of halogens is 2. The minimum absolute atomic E-state index is 0.00329. The standard InChI is InChI=1S/C23H11F2NO3/c1-2-3-4-5-6-19(29-23(27)20-14-28-20)16-9-7-15(8-10-16)18-12-11-17(13-26)21(24)22(18)25/h7-12,20H,1,14H2. The van der Waals surface area contributed by atoms with Crippen molar-refractivity contribution in [1.29, 1.82) is 5.26 Å². The maximum absolute atomic E-state index is 14.2. The normalized spacial score (nSPS) is 13.5. The predicted octanol–water partition coefficient (Wildman–Crippen LogP) is 4.19. The van der Waals surface area contributed by atoms with Crippen LogP contribution in [0.25, 0.3) is 16.9 Å². The molecule has 0 spiro atoms. The van der Waals surface area contributed by atoms with Crippen molar-refractivity contribution in [2.45, 2.75) is 6.10 Å². The number of benzene rings is 2. The van der Waals surface area contributed by atoms with E-state index in [-0.39, 0.29) is 23.5 Å². The van der Waals surface area contributed by atoms with Gasteiger partial charge in [0, 0.05) is 11.1 Å². The summed E-state index contributed by atoms with van der Waals surface area (Å²) in [6.45, 7) is 3.61. The molecule has 2 aromatic rings. The molecule has 2 aromatic carbocycles. The lowest BCUT2D eigenvalue weighted by atomic mass is 10.0. The third-order valence-corrected chi connectivity index (χ3v) is 3.85. The van der Waals surface area contributed by atoms with Crippen molar-refractivity contribution in [3.63, 3.8) is 0 Å². The largest absolute Gasteiger partial charge is 0.415 e. The van der Waals surface area contributed by atoms with Crippen LogP contribution in [0.4, 0.5) is 8.78 Å². The van der Waals surface area contributed by atoms with Crippen LogP contribution in [0.15, 0.2) is 71.6 Å². The van der Waals surface area contributed by atoms with Crippen LogP contribution in [0.1, 0.15) is 11.1 Å². The minimum atomic E-state index is -1.21. The Balaban J connectivity index is 2.00. The molecule has 0 aromatic heterocycles. The van der Waals surface area contributed by atoms with Gasteiger partial charge in [0.2, 0.25) is 0 Å². The van der Waals surface area contributed by atoms with Gasteiger partial charge in [0.25, 0.3) is 0 Å². The van der Waals surface area contributed by atoms with Crippen LogP contribution in [0, 0.1) is 23.0 Å². The number of esters is 1. The number of hydrogen-bond donors (Lipinski definition) is 0. The number of carbonyl (C=O) groups is 1. The van der Waals surface area contributed by atoms with Crippen LogP contribution >= 0.6 is 0 Å². The Morgan fingerprint density at radius 1 is 1.10 bits per heavy atom. The van der Waals surface area contributed by atoms with Crippen molar-refractivity contribution >= 4 is 11.7 Å². The third-order valence-electron chi connectivity index (χ3n) is 3.85. The number of nitrogens with zero attached hydrogens (tertiary/aromatic N) is 1. The number of ether oxygens (including phenoxy) is 2. The molecule has 0 radical (unpaired) electrons. The van der Waals surface area contributed by atoms with Crippen molar-refractivity contribution in [3.05, 3.63) is 94.4 Å². The molecule has 1 aliphatic heterocycles. The van der Waals surface area contributed by atoms with Gasteiger partial charge in [-0.1, -0.05) is 17.9 Å². The van der Waals surface area contributed by atoms with Crippen LogP contribution in [0.3, 0.4) is 0 Å². The van der Waals surface area contributed by atoms with Gasteiger partial charge in [0.1, 0.15) is 6.07 Å². The number of rotatable bonds is 4. The summed E-state index contributed by atoms with van der Waals surface area (Å²) in [6.07, 6.45) is -0.616. The zero-order valence-electron chi connectivity index (χ0n) is 14.9. The first-order valence-electron chi connectivity index (χ1n) is 8.27. The molecule has 0 amide bonds. The van der Waals surface area contributed by atoms with E-state index in [0.717, 1.165) is 0 Å². The molecule has 1 heterocycles. The lowest BCUT2D eigenvalue weighted by molar-refractivity contribution is -0.138. The van der Waals surface area contributed by atoms with Gasteiger partial charge in [-0.2, -0.15) is 5.26 Å². The smallest absolute Gasteiger partial charge is 0.343 e. The highest BCUT2D eigenvalue weighted by atomic mass is 19.2. The molecule has 1 fully saturated rings. The van der Waals surface area contributed by atoms with Crippen LogP contribution in [0.2, 0.25) is 0 Å². The summed E-state index contributed by atoms with van der Waals surface area (Å²) >= 11 is 0. The topological polar surface area (TPSA) is 62.6 Å². The second-order valence-electron chi connectivity index (χ2n) is 5.73. The Hall–Kier alpha value is -4.14. The van der Waals surface area contributed by atoms with E-state index in [2.05, 4.69) is 35.2 Å². The Morgan fingerprint density at radius 2 is 1.83 bits per heavy atom. The molecule has 1 unspecified atom stereocenters. The lowest BCUT2D eigenvalue weighted by Crippen LogP contribution is -2.10. The van der Waals surface area contributed by atoms with E-state index in [4.69, 9.17) is 14.7 Å². The van der Waals surface area contributed by atoms with Crippen LogP contribution < -0.4 is 0 Å². The van der Waals surface area contributed by atoms with E-state index >= 15 is 0 Å². The van der Waals surface area contributed by atoms with E-state index in [0.29, 0.717) is 11.1 Å². The van der Waals surface area contributed by atoms with Crippen molar-refractivity contribution in [2.24, 2.45) is 0 Å². The fraction of sp³-hybridized carbons (Fsp3) is 0.0870. The molecule has 140 valence electrons. The van der Waals surface area contributed by atoms with Gasteiger partial charge in [-0.15, -0.1) is 0 Å². The molecule has 0 bridgehead atoms. The summed E-state index contributed by atoms with van der Waals surface area (Å²) in [5.74, 6) is -2.86. The maximum atomic E-state index is 14.2. The number of hydrogen-bond acceptors (Lipinski definition) is 4. The van der Waals surface area contributed by atoms with E-state index in [1.54, 1.807) is 18.2 Å². The summed E-state index contributed by atoms with van der Waals surface area (Å²) in [6, 6.07) is 10.2. The molecular weight excluding hydrogens is 376 g/mol. The van der Waals surface area contributed by atoms with Gasteiger partial charge in [-0.3, -0.25) is 0 Å². The molecule has 0 aliphatic carbocycles. The van der Waals surface area contributed by atoms with Crippen LogP contribution in [0.5, 0.6) is 0 Å². The monoisotopic (exact) mass is 387 g/mol. The highest BCUT2D eigenvalue weighted by Gasteiger charge is 2.34. The average molecular weight is 387 g/mol. The SMILES string of the molecule is C=C=C=C=C=C=C(OC(=O)C1CO1)c1ccc(-c2ccc(C#N)c(F)c2F)cc1. The molecule has 3 rings (SSSR count). The molecule has 0 saturated carbocycles. The van der Waals surface area contributed by atoms with Crippen LogP contribution in [-0.2, 0) is 14.3 Å². The Kier molecular flexibility index (Phi) is 5.88. The zero-order chi connectivity index (χ0) is 20.8. The predicted molar refractivity (Wildman–Crippen MR) is 98.9 cm³/mol. The van der Waals surface area contributed by atoms with Crippen molar-refractivity contribution in [1.82, 2.24) is 0 Å². The van der Waals surface area contributed by atoms with Gasteiger partial charge >= 0.3 is 5.97 Å². The molecule has 1 saturated heterocycles. The van der Waals surface area contributed by atoms with E-state index < -0.39 is 23.7 Å². The summed E-state index contributed by atoms with van der Waals surface area (Å²) in [5.41, 5.74) is 12.8. The van der Waals surface area contributed by atoms with Gasteiger partial charge in [0.15, 0.2) is 23.5 Å². The highest BCUT2D eigenvalue weighted by molar-refractivity contribution is 5.83. The first-order chi connectivity index (χ1) is 14.0.